The van der Waals surface area contributed by atoms with E-state index in [2.05, 4.69) is 0 Å². The molecule has 0 saturated heterocycles. The van der Waals surface area contributed by atoms with Crippen LogP contribution in [0, 0.1) is 0 Å². The van der Waals surface area contributed by atoms with Crippen molar-refractivity contribution in [2.75, 3.05) is 20.1 Å². The van der Waals surface area contributed by atoms with Gasteiger partial charge >= 0.3 is 5.97 Å². The summed E-state index contributed by atoms with van der Waals surface area (Å²) >= 11 is 0. The van der Waals surface area contributed by atoms with Gasteiger partial charge in [0.25, 0.3) is 5.91 Å². The lowest BCUT2D eigenvalue weighted by molar-refractivity contribution is -0.137. The first kappa shape index (κ1) is 20.4. The topological polar surface area (TPSA) is 95.0 Å². The van der Waals surface area contributed by atoms with Crippen LogP contribution >= 0.6 is 0 Å². The van der Waals surface area contributed by atoms with Gasteiger partial charge in [-0.3, -0.25) is 9.59 Å². The van der Waals surface area contributed by atoms with Crippen LogP contribution in [0.15, 0.2) is 29.2 Å². The highest BCUT2D eigenvalue weighted by atomic mass is 32.2. The number of carboxylic acids is 1. The molecule has 0 heterocycles. The summed E-state index contributed by atoms with van der Waals surface area (Å²) in [6, 6.07) is 5.81. The molecule has 1 aliphatic rings. The van der Waals surface area contributed by atoms with Crippen molar-refractivity contribution in [1.29, 1.82) is 0 Å². The van der Waals surface area contributed by atoms with Crippen molar-refractivity contribution >= 4 is 21.9 Å². The molecule has 144 valence electrons. The molecule has 0 atom stereocenters. The molecule has 0 spiro atoms. The Kier molecular flexibility index (Phi) is 6.77. The summed E-state index contributed by atoms with van der Waals surface area (Å²) in [5.41, 5.74) is 0.172. The van der Waals surface area contributed by atoms with Crippen molar-refractivity contribution in [3.8, 4) is 0 Å². The normalized spacial score (nSPS) is 15.8. The number of rotatable bonds is 7. The van der Waals surface area contributed by atoms with Crippen LogP contribution in [0.1, 0.15) is 49.4 Å². The maximum atomic E-state index is 12.9. The van der Waals surface area contributed by atoms with Gasteiger partial charge in [-0.1, -0.05) is 25.3 Å². The average Bonchev–Trinajstić information content (AvgIpc) is 2.65. The van der Waals surface area contributed by atoms with E-state index in [1.165, 1.54) is 33.5 Å². The predicted molar refractivity (Wildman–Crippen MR) is 97.5 cm³/mol. The van der Waals surface area contributed by atoms with Crippen molar-refractivity contribution in [3.63, 3.8) is 0 Å². The van der Waals surface area contributed by atoms with Crippen LogP contribution in [-0.4, -0.2) is 60.8 Å². The molecule has 2 rings (SSSR count). The molecule has 0 unspecified atom stereocenters. The molecule has 0 bridgehead atoms. The zero-order chi connectivity index (χ0) is 19.3. The third-order valence-corrected chi connectivity index (χ3v) is 6.75. The summed E-state index contributed by atoms with van der Waals surface area (Å²) in [7, 11) is -2.12. The summed E-state index contributed by atoms with van der Waals surface area (Å²) in [5.74, 6) is -1.60. The van der Waals surface area contributed by atoms with Gasteiger partial charge in [-0.15, -0.1) is 0 Å². The third kappa shape index (κ3) is 4.62. The fourth-order valence-electron chi connectivity index (χ4n) is 3.27. The molecule has 1 N–H and O–H groups in total. The zero-order valence-electron chi connectivity index (χ0n) is 15.2. The number of nitrogens with zero attached hydrogens (tertiary/aromatic N) is 2. The maximum Gasteiger partial charge on any atom is 0.323 e. The Morgan fingerprint density at radius 3 is 2.42 bits per heavy atom. The average molecular weight is 382 g/mol. The molecule has 8 heteroatoms. The largest absolute Gasteiger partial charge is 0.480 e. The van der Waals surface area contributed by atoms with Crippen LogP contribution in [-0.2, 0) is 14.8 Å². The quantitative estimate of drug-likeness (QED) is 0.780. The first-order valence-electron chi connectivity index (χ1n) is 8.86. The highest BCUT2D eigenvalue weighted by molar-refractivity contribution is 7.89. The van der Waals surface area contributed by atoms with Gasteiger partial charge in [-0.25, -0.2) is 8.42 Å². The maximum absolute atomic E-state index is 12.9. The predicted octanol–water partition coefficient (Wildman–Crippen LogP) is 2.19. The number of aliphatic carboxylic acids is 1. The van der Waals surface area contributed by atoms with Gasteiger partial charge in [0.2, 0.25) is 10.0 Å². The van der Waals surface area contributed by atoms with Gasteiger partial charge in [0, 0.05) is 25.2 Å². The van der Waals surface area contributed by atoms with Crippen LogP contribution in [0.4, 0.5) is 0 Å². The lowest BCUT2D eigenvalue weighted by Crippen LogP contribution is -2.38. The van der Waals surface area contributed by atoms with Crippen LogP contribution in [0.3, 0.4) is 0 Å². The SMILES string of the molecule is CCN(CC(=O)O)C(=O)c1cccc(S(=O)(=O)N(C)C2CCCCC2)c1. The number of amides is 1. The van der Waals surface area contributed by atoms with E-state index in [4.69, 9.17) is 5.11 Å². The van der Waals surface area contributed by atoms with E-state index in [-0.39, 0.29) is 23.0 Å². The number of benzene rings is 1. The minimum absolute atomic E-state index is 0.0211. The molecule has 1 fully saturated rings. The van der Waals surface area contributed by atoms with Crippen molar-refractivity contribution in [2.45, 2.75) is 50.0 Å². The molecule has 26 heavy (non-hydrogen) atoms. The Hall–Kier alpha value is -1.93. The van der Waals surface area contributed by atoms with E-state index in [1.54, 1.807) is 14.0 Å². The molecule has 0 aromatic heterocycles. The summed E-state index contributed by atoms with van der Waals surface area (Å²) in [6.45, 7) is 1.48. The number of likely N-dealkylation sites (N-methyl/N-ethyl adjacent to an activating group) is 1. The molecule has 0 aliphatic heterocycles. The molecule has 7 nitrogen and oxygen atoms in total. The number of carbonyl (C=O) groups excluding carboxylic acids is 1. The molecule has 1 saturated carbocycles. The van der Waals surface area contributed by atoms with E-state index >= 15 is 0 Å². The Morgan fingerprint density at radius 2 is 1.85 bits per heavy atom. The number of hydrogen-bond acceptors (Lipinski definition) is 4. The van der Waals surface area contributed by atoms with E-state index in [1.807, 2.05) is 0 Å². The van der Waals surface area contributed by atoms with Gasteiger partial charge in [-0.05, 0) is 38.0 Å². The second kappa shape index (κ2) is 8.64. The lowest BCUT2D eigenvalue weighted by atomic mass is 9.96. The van der Waals surface area contributed by atoms with Crippen molar-refractivity contribution in [2.24, 2.45) is 0 Å². The Balaban J connectivity index is 2.26. The molecule has 0 radical (unpaired) electrons. The zero-order valence-corrected chi connectivity index (χ0v) is 16.0. The fraction of sp³-hybridized carbons (Fsp3) is 0.556. The summed E-state index contributed by atoms with van der Waals surface area (Å²) < 4.78 is 27.3. The van der Waals surface area contributed by atoms with E-state index in [0.717, 1.165) is 32.1 Å². The number of carboxylic acid groups (broad SMARTS) is 1. The minimum atomic E-state index is -3.70. The highest BCUT2D eigenvalue weighted by Gasteiger charge is 2.29. The molecular formula is C18H26N2O5S. The molecule has 1 amide bonds. The Morgan fingerprint density at radius 1 is 1.19 bits per heavy atom. The van der Waals surface area contributed by atoms with E-state index < -0.39 is 28.4 Å². The first-order valence-corrected chi connectivity index (χ1v) is 10.3. The van der Waals surface area contributed by atoms with Crippen molar-refractivity contribution in [1.82, 2.24) is 9.21 Å². The standard InChI is InChI=1S/C18H26N2O5S/c1-3-20(13-17(21)22)18(23)14-8-7-11-16(12-14)26(24,25)19(2)15-9-5-4-6-10-15/h7-8,11-12,15H,3-6,9-10,13H2,1-2H3,(H,21,22). The van der Waals surface area contributed by atoms with Crippen molar-refractivity contribution in [3.05, 3.63) is 29.8 Å². The molecular weight excluding hydrogens is 356 g/mol. The number of carbonyl (C=O) groups is 2. The second-order valence-electron chi connectivity index (χ2n) is 6.55. The van der Waals surface area contributed by atoms with E-state index in [9.17, 15) is 18.0 Å². The third-order valence-electron chi connectivity index (χ3n) is 4.84. The van der Waals surface area contributed by atoms with Crippen LogP contribution < -0.4 is 0 Å². The smallest absolute Gasteiger partial charge is 0.323 e. The number of sulfonamides is 1. The Labute approximate surface area is 154 Å². The van der Waals surface area contributed by atoms with Gasteiger partial charge in [0.1, 0.15) is 6.54 Å². The summed E-state index contributed by atoms with van der Waals surface area (Å²) in [5, 5.41) is 8.92. The summed E-state index contributed by atoms with van der Waals surface area (Å²) in [6.07, 6.45) is 4.85. The first-order chi connectivity index (χ1) is 12.3. The Bertz CT molecular complexity index is 757. The van der Waals surface area contributed by atoms with E-state index in [0.29, 0.717) is 0 Å². The van der Waals surface area contributed by atoms with Crippen LogP contribution in [0.5, 0.6) is 0 Å². The minimum Gasteiger partial charge on any atom is -0.480 e. The second-order valence-corrected chi connectivity index (χ2v) is 8.55. The molecule has 1 aromatic carbocycles. The van der Waals surface area contributed by atoms with Crippen LogP contribution in [0.25, 0.3) is 0 Å². The fourth-order valence-corrected chi connectivity index (χ4v) is 4.73. The number of hydrogen-bond donors (Lipinski definition) is 1. The van der Waals surface area contributed by atoms with Crippen molar-refractivity contribution < 1.29 is 23.1 Å². The lowest BCUT2D eigenvalue weighted by Gasteiger charge is -2.30. The van der Waals surface area contributed by atoms with Gasteiger partial charge in [0.05, 0.1) is 4.90 Å². The van der Waals surface area contributed by atoms with Gasteiger partial charge in [0.15, 0.2) is 0 Å². The highest BCUT2D eigenvalue weighted by Crippen LogP contribution is 2.26. The molecule has 1 aliphatic carbocycles. The van der Waals surface area contributed by atoms with Gasteiger partial charge in [-0.2, -0.15) is 4.31 Å². The summed E-state index contributed by atoms with van der Waals surface area (Å²) in [4.78, 5) is 24.6. The van der Waals surface area contributed by atoms with Gasteiger partial charge < -0.3 is 10.0 Å². The monoisotopic (exact) mass is 382 g/mol. The molecule has 1 aromatic rings. The van der Waals surface area contributed by atoms with Crippen LogP contribution in [0.2, 0.25) is 0 Å².